The predicted octanol–water partition coefficient (Wildman–Crippen LogP) is 0.875. The molecule has 0 bridgehead atoms. The van der Waals surface area contributed by atoms with Crippen LogP contribution in [-0.2, 0) is 23.9 Å². The summed E-state index contributed by atoms with van der Waals surface area (Å²) in [5.74, 6) is -2.33. The predicted molar refractivity (Wildman–Crippen MR) is 89.7 cm³/mol. The summed E-state index contributed by atoms with van der Waals surface area (Å²) in [6.07, 6.45) is 1.00. The lowest BCUT2D eigenvalue weighted by Crippen LogP contribution is -2.56. The molecule has 0 radical (unpaired) electrons. The fourth-order valence-electron chi connectivity index (χ4n) is 2.99. The summed E-state index contributed by atoms with van der Waals surface area (Å²) < 4.78 is 5.33. The lowest BCUT2D eigenvalue weighted by atomic mass is 9.96. The van der Waals surface area contributed by atoms with Gasteiger partial charge in [-0.2, -0.15) is 0 Å². The first-order valence-corrected chi connectivity index (χ1v) is 8.11. The molecule has 1 N–H and O–H groups in total. The van der Waals surface area contributed by atoms with Gasteiger partial charge in [-0.05, 0) is 24.3 Å². The number of anilines is 1. The lowest BCUT2D eigenvalue weighted by Gasteiger charge is -2.30. The Kier molecular flexibility index (Phi) is 4.11. The molecule has 8 nitrogen and oxygen atoms in total. The molecule has 2 aliphatic rings. The van der Waals surface area contributed by atoms with Crippen molar-refractivity contribution in [3.05, 3.63) is 40.5 Å². The van der Waals surface area contributed by atoms with E-state index in [1.165, 1.54) is 20.1 Å². The van der Waals surface area contributed by atoms with Crippen LogP contribution in [0.4, 0.5) is 5.69 Å². The van der Waals surface area contributed by atoms with Crippen molar-refractivity contribution >= 4 is 45.3 Å². The van der Waals surface area contributed by atoms with Crippen molar-refractivity contribution in [2.45, 2.75) is 18.9 Å². The number of hydrogen-bond acceptors (Lipinski definition) is 6. The second-order valence-electron chi connectivity index (χ2n) is 5.63. The van der Waals surface area contributed by atoms with E-state index in [9.17, 15) is 19.2 Å². The van der Waals surface area contributed by atoms with Crippen LogP contribution < -0.4 is 10.3 Å². The third-order valence-corrected chi connectivity index (χ3v) is 4.54. The van der Waals surface area contributed by atoms with Gasteiger partial charge in [-0.3, -0.25) is 19.8 Å². The quantitative estimate of drug-likeness (QED) is 0.577. The van der Waals surface area contributed by atoms with Crippen molar-refractivity contribution in [1.82, 2.24) is 10.4 Å². The Morgan fingerprint density at radius 1 is 1.32 bits per heavy atom. The van der Waals surface area contributed by atoms with E-state index in [0.29, 0.717) is 10.2 Å². The van der Waals surface area contributed by atoms with Crippen molar-refractivity contribution in [3.8, 4) is 0 Å². The lowest BCUT2D eigenvalue weighted by molar-refractivity contribution is -0.143. The molecule has 25 heavy (non-hydrogen) atoms. The van der Waals surface area contributed by atoms with E-state index in [2.05, 4.69) is 26.1 Å². The summed E-state index contributed by atoms with van der Waals surface area (Å²) in [5.41, 5.74) is 1.30. The highest BCUT2D eigenvalue weighted by atomic mass is 79.9. The first-order valence-electron chi connectivity index (χ1n) is 7.32. The summed E-state index contributed by atoms with van der Waals surface area (Å²) in [6.45, 7) is 1.24. The minimum Gasteiger partial charge on any atom is -0.464 e. The maximum atomic E-state index is 13.1. The molecule has 1 fully saturated rings. The molecule has 0 aliphatic carbocycles. The number of nitrogens with zero attached hydrogens (tertiary/aromatic N) is 2. The molecule has 0 aromatic heterocycles. The molecule has 2 heterocycles. The molecule has 2 aliphatic heterocycles. The molecule has 1 aromatic carbocycles. The number of hydrogen-bond donors (Lipinski definition) is 1. The zero-order chi connectivity index (χ0) is 18.4. The van der Waals surface area contributed by atoms with E-state index >= 15 is 0 Å². The summed E-state index contributed by atoms with van der Waals surface area (Å²) in [4.78, 5) is 50.4. The highest BCUT2D eigenvalue weighted by Gasteiger charge is 2.59. The number of benzene rings is 1. The first kappa shape index (κ1) is 17.2. The molecule has 130 valence electrons. The van der Waals surface area contributed by atoms with Crippen molar-refractivity contribution in [2.75, 3.05) is 12.0 Å². The number of ether oxygens (including phenoxy) is 1. The van der Waals surface area contributed by atoms with Crippen molar-refractivity contribution in [3.63, 3.8) is 0 Å². The topological polar surface area (TPSA) is 96.0 Å². The average molecular weight is 408 g/mol. The Bertz CT molecular complexity index is 837. The van der Waals surface area contributed by atoms with Crippen LogP contribution in [0.5, 0.6) is 0 Å². The van der Waals surface area contributed by atoms with Gasteiger partial charge in [-0.15, -0.1) is 0 Å². The van der Waals surface area contributed by atoms with Crippen LogP contribution in [0.15, 0.2) is 40.5 Å². The maximum Gasteiger partial charge on any atom is 0.355 e. The van der Waals surface area contributed by atoms with Gasteiger partial charge in [0.05, 0.1) is 19.2 Å². The number of hydrazine groups is 1. The minimum atomic E-state index is -1.59. The van der Waals surface area contributed by atoms with Crippen LogP contribution in [0.25, 0.3) is 0 Å². The molecule has 1 spiro atoms. The Morgan fingerprint density at radius 3 is 2.64 bits per heavy atom. The summed E-state index contributed by atoms with van der Waals surface area (Å²) in [6, 6.07) is 6.69. The summed E-state index contributed by atoms with van der Waals surface area (Å²) in [5, 5.41) is 0.997. The largest absolute Gasteiger partial charge is 0.464 e. The average Bonchev–Trinajstić information content (AvgIpc) is 3.06. The van der Waals surface area contributed by atoms with E-state index in [4.69, 9.17) is 0 Å². The van der Waals surface area contributed by atoms with Crippen LogP contribution >= 0.6 is 15.9 Å². The number of carbonyl (C=O) groups is 4. The second kappa shape index (κ2) is 5.99. The molecule has 0 unspecified atom stereocenters. The maximum absolute atomic E-state index is 13.1. The Hall–Kier alpha value is -2.68. The number of methoxy groups -OCH3 is 1. The smallest absolute Gasteiger partial charge is 0.355 e. The number of amides is 3. The molecule has 0 saturated carbocycles. The standard InChI is InChI=1S/C16H14BrN3O5/c1-9(21)20-16(7-12(18-20)14(23)25-2)8-13(22)19(15(16)24)11-5-3-4-10(17)6-11/h3-7,18H,8H2,1-2H3/t16-/m0/s1. The zero-order valence-electron chi connectivity index (χ0n) is 13.4. The SMILES string of the molecule is COC(=O)C1=C[C@@]2(CC(=O)N(c3cccc(Br)c3)C2=O)N(C(C)=O)N1. The molecule has 1 atom stereocenters. The van der Waals surface area contributed by atoms with Gasteiger partial charge in [-0.1, -0.05) is 22.0 Å². The highest BCUT2D eigenvalue weighted by Crippen LogP contribution is 2.38. The molecule has 3 rings (SSSR count). The number of rotatable bonds is 2. The third-order valence-electron chi connectivity index (χ3n) is 4.04. The minimum absolute atomic E-state index is 0.0602. The highest BCUT2D eigenvalue weighted by molar-refractivity contribution is 9.10. The second-order valence-corrected chi connectivity index (χ2v) is 6.55. The summed E-state index contributed by atoms with van der Waals surface area (Å²) in [7, 11) is 1.18. The van der Waals surface area contributed by atoms with Gasteiger partial charge in [0, 0.05) is 11.4 Å². The van der Waals surface area contributed by atoms with Gasteiger partial charge >= 0.3 is 5.97 Å². The number of nitrogens with one attached hydrogen (secondary N) is 1. The van der Waals surface area contributed by atoms with Crippen LogP contribution in [0, 0.1) is 0 Å². The van der Waals surface area contributed by atoms with Crippen LogP contribution in [0.1, 0.15) is 13.3 Å². The van der Waals surface area contributed by atoms with E-state index in [-0.39, 0.29) is 12.1 Å². The van der Waals surface area contributed by atoms with Crippen molar-refractivity contribution < 1.29 is 23.9 Å². The number of esters is 1. The molecule has 1 aromatic rings. The van der Waals surface area contributed by atoms with Gasteiger partial charge in [0.1, 0.15) is 5.70 Å². The van der Waals surface area contributed by atoms with Crippen LogP contribution in [0.3, 0.4) is 0 Å². The Balaban J connectivity index is 2.07. The van der Waals surface area contributed by atoms with Gasteiger partial charge < -0.3 is 4.74 Å². The molecule has 3 amide bonds. The Morgan fingerprint density at radius 2 is 2.04 bits per heavy atom. The van der Waals surface area contributed by atoms with Gasteiger partial charge in [0.15, 0.2) is 5.54 Å². The van der Waals surface area contributed by atoms with Crippen molar-refractivity contribution in [2.24, 2.45) is 0 Å². The van der Waals surface area contributed by atoms with E-state index in [1.54, 1.807) is 24.3 Å². The third kappa shape index (κ3) is 2.60. The fraction of sp³-hybridized carbons (Fsp3) is 0.250. The van der Waals surface area contributed by atoms with Gasteiger partial charge in [-0.25, -0.2) is 14.7 Å². The molecular weight excluding hydrogens is 394 g/mol. The number of imide groups is 1. The number of halogens is 1. The molecule has 9 heteroatoms. The first-order chi connectivity index (χ1) is 11.8. The summed E-state index contributed by atoms with van der Waals surface area (Å²) >= 11 is 3.30. The zero-order valence-corrected chi connectivity index (χ0v) is 15.0. The van der Waals surface area contributed by atoms with Gasteiger partial charge in [0.25, 0.3) is 5.91 Å². The van der Waals surface area contributed by atoms with Gasteiger partial charge in [0.2, 0.25) is 11.8 Å². The van der Waals surface area contributed by atoms with E-state index in [0.717, 1.165) is 9.91 Å². The van der Waals surface area contributed by atoms with Crippen LogP contribution in [-0.4, -0.2) is 41.3 Å². The van der Waals surface area contributed by atoms with E-state index in [1.807, 2.05) is 0 Å². The normalized spacial score (nSPS) is 22.3. The number of carbonyl (C=O) groups excluding carboxylic acids is 4. The fourth-order valence-corrected chi connectivity index (χ4v) is 3.37. The monoisotopic (exact) mass is 407 g/mol. The molecule has 1 saturated heterocycles. The Labute approximate surface area is 151 Å². The van der Waals surface area contributed by atoms with E-state index < -0.39 is 29.2 Å². The molecular formula is C16H14BrN3O5. The van der Waals surface area contributed by atoms with Crippen molar-refractivity contribution in [1.29, 1.82) is 0 Å². The van der Waals surface area contributed by atoms with Crippen LogP contribution in [0.2, 0.25) is 0 Å².